The van der Waals surface area contributed by atoms with Gasteiger partial charge in [-0.05, 0) is 72.8 Å². The predicted molar refractivity (Wildman–Crippen MR) is 92.6 cm³/mol. The second kappa shape index (κ2) is 7.81. The quantitative estimate of drug-likeness (QED) is 0.705. The molecule has 23 heavy (non-hydrogen) atoms. The molecule has 0 aromatic heterocycles. The summed E-state index contributed by atoms with van der Waals surface area (Å²) in [5.74, 6) is 0. The van der Waals surface area contributed by atoms with E-state index >= 15 is 0 Å². The molecule has 0 unspecified atom stereocenters. The van der Waals surface area contributed by atoms with Gasteiger partial charge in [-0.25, -0.2) is 4.79 Å². The van der Waals surface area contributed by atoms with Crippen LogP contribution in [0.25, 0.3) is 0 Å². The van der Waals surface area contributed by atoms with Crippen LogP contribution in [0.2, 0.25) is 0 Å². The molecule has 2 aliphatic heterocycles. The maximum absolute atomic E-state index is 12.1. The first-order chi connectivity index (χ1) is 10.8. The lowest BCUT2D eigenvalue weighted by Crippen LogP contribution is -2.62. The molecule has 0 aromatic carbocycles. The summed E-state index contributed by atoms with van der Waals surface area (Å²) < 4.78 is 0. The summed E-state index contributed by atoms with van der Waals surface area (Å²) in [6, 6.07) is -0.178. The van der Waals surface area contributed by atoms with Gasteiger partial charge in [0.25, 0.3) is 0 Å². The lowest BCUT2D eigenvalue weighted by atomic mass is 9.84. The highest BCUT2D eigenvalue weighted by Gasteiger charge is 2.39. The van der Waals surface area contributed by atoms with Crippen molar-refractivity contribution in [2.45, 2.75) is 57.1 Å². The third-order valence-corrected chi connectivity index (χ3v) is 5.20. The smallest absolute Gasteiger partial charge is 0.314 e. The van der Waals surface area contributed by atoms with Crippen LogP contribution >= 0.6 is 0 Å². The minimum absolute atomic E-state index is 0.0962. The average molecular weight is 326 g/mol. The molecule has 2 heterocycles. The highest BCUT2D eigenvalue weighted by atomic mass is 16.3. The van der Waals surface area contributed by atoms with Gasteiger partial charge in [-0.3, -0.25) is 4.90 Å². The van der Waals surface area contributed by atoms with E-state index < -0.39 is 5.60 Å². The summed E-state index contributed by atoms with van der Waals surface area (Å²) in [7, 11) is 2.17. The molecule has 0 radical (unpaired) electrons. The van der Waals surface area contributed by atoms with Crippen molar-refractivity contribution >= 4 is 6.03 Å². The third kappa shape index (κ3) is 5.62. The van der Waals surface area contributed by atoms with Crippen LogP contribution in [0.1, 0.15) is 46.0 Å². The standard InChI is InChI=1S/C17H34N4O2/c1-16(2,23)13-18-15(22)19-14-17(7-11-20(3)12-8-17)21-9-5-4-6-10-21/h23H,4-14H2,1-3H3,(H2,18,19,22). The van der Waals surface area contributed by atoms with E-state index in [1.165, 1.54) is 19.3 Å². The van der Waals surface area contributed by atoms with Gasteiger partial charge >= 0.3 is 6.03 Å². The van der Waals surface area contributed by atoms with Gasteiger partial charge in [0.1, 0.15) is 0 Å². The minimum atomic E-state index is -0.880. The van der Waals surface area contributed by atoms with E-state index in [1.807, 2.05) is 0 Å². The van der Waals surface area contributed by atoms with E-state index in [-0.39, 0.29) is 18.1 Å². The van der Waals surface area contributed by atoms with Crippen LogP contribution in [0.4, 0.5) is 4.79 Å². The summed E-state index contributed by atoms with van der Waals surface area (Å²) in [5.41, 5.74) is -0.783. The van der Waals surface area contributed by atoms with Gasteiger partial charge < -0.3 is 20.6 Å². The number of hydrogen-bond donors (Lipinski definition) is 3. The first-order valence-electron chi connectivity index (χ1n) is 8.98. The topological polar surface area (TPSA) is 67.8 Å². The minimum Gasteiger partial charge on any atom is -0.389 e. The normalized spacial score (nSPS) is 23.5. The zero-order chi connectivity index (χ0) is 16.9. The number of nitrogens with zero attached hydrogens (tertiary/aromatic N) is 2. The number of nitrogens with one attached hydrogen (secondary N) is 2. The van der Waals surface area contributed by atoms with E-state index in [0.717, 1.165) is 39.0 Å². The zero-order valence-electron chi connectivity index (χ0n) is 15.0. The molecule has 2 saturated heterocycles. The van der Waals surface area contributed by atoms with E-state index in [0.29, 0.717) is 6.54 Å². The van der Waals surface area contributed by atoms with E-state index in [4.69, 9.17) is 0 Å². The maximum atomic E-state index is 12.1. The summed E-state index contributed by atoms with van der Waals surface area (Å²) in [4.78, 5) is 17.0. The first-order valence-corrected chi connectivity index (χ1v) is 8.98. The van der Waals surface area contributed by atoms with Gasteiger partial charge in [0.15, 0.2) is 0 Å². The number of piperidine rings is 2. The summed E-state index contributed by atoms with van der Waals surface area (Å²) in [5, 5.41) is 15.5. The molecule has 0 aliphatic carbocycles. The van der Waals surface area contributed by atoms with E-state index in [1.54, 1.807) is 13.8 Å². The number of carbonyl (C=O) groups excluding carboxylic acids is 1. The second-order valence-electron chi connectivity index (χ2n) is 7.92. The lowest BCUT2D eigenvalue weighted by molar-refractivity contribution is 0.0160. The Morgan fingerprint density at radius 2 is 1.70 bits per heavy atom. The SMILES string of the molecule is CN1CCC(CNC(=O)NCC(C)(C)O)(N2CCCCC2)CC1. The monoisotopic (exact) mass is 326 g/mol. The Balaban J connectivity index is 1.91. The number of aliphatic hydroxyl groups is 1. The molecule has 0 spiro atoms. The summed E-state index contributed by atoms with van der Waals surface area (Å²) in [6.07, 6.45) is 6.07. The number of urea groups is 1. The van der Waals surface area contributed by atoms with Gasteiger partial charge in [0, 0.05) is 18.6 Å². The van der Waals surface area contributed by atoms with Crippen LogP contribution in [-0.2, 0) is 0 Å². The molecule has 2 rings (SSSR count). The fourth-order valence-corrected chi connectivity index (χ4v) is 3.61. The Morgan fingerprint density at radius 3 is 2.26 bits per heavy atom. The van der Waals surface area contributed by atoms with E-state index in [2.05, 4.69) is 27.5 Å². The summed E-state index contributed by atoms with van der Waals surface area (Å²) in [6.45, 7) is 8.82. The van der Waals surface area contributed by atoms with Crippen LogP contribution in [0.5, 0.6) is 0 Å². The van der Waals surface area contributed by atoms with E-state index in [9.17, 15) is 9.90 Å². The molecule has 0 aromatic rings. The van der Waals surface area contributed by atoms with Crippen molar-refractivity contribution in [3.63, 3.8) is 0 Å². The van der Waals surface area contributed by atoms with Gasteiger partial charge in [0.2, 0.25) is 0 Å². The molecule has 2 fully saturated rings. The molecule has 0 atom stereocenters. The average Bonchev–Trinajstić information content (AvgIpc) is 2.53. The van der Waals surface area contributed by atoms with Crippen LogP contribution < -0.4 is 10.6 Å². The van der Waals surface area contributed by atoms with Gasteiger partial charge in [0.05, 0.1) is 5.60 Å². The molecular weight excluding hydrogens is 292 g/mol. The molecule has 0 bridgehead atoms. The lowest BCUT2D eigenvalue weighted by Gasteiger charge is -2.50. The van der Waals surface area contributed by atoms with Crippen LogP contribution in [-0.4, -0.2) is 78.4 Å². The summed E-state index contributed by atoms with van der Waals surface area (Å²) >= 11 is 0. The Labute approximate surface area is 140 Å². The van der Waals surface area contributed by atoms with Crippen molar-refractivity contribution < 1.29 is 9.90 Å². The molecular formula is C17H34N4O2. The Bertz CT molecular complexity index is 381. The van der Waals surface area contributed by atoms with Crippen molar-refractivity contribution in [1.29, 1.82) is 0 Å². The molecule has 2 amide bonds. The number of hydrogen-bond acceptors (Lipinski definition) is 4. The highest BCUT2D eigenvalue weighted by Crippen LogP contribution is 2.30. The van der Waals surface area contributed by atoms with Crippen LogP contribution in [0.15, 0.2) is 0 Å². The molecule has 0 saturated carbocycles. The number of amides is 2. The molecule has 2 aliphatic rings. The zero-order valence-corrected chi connectivity index (χ0v) is 15.0. The predicted octanol–water partition coefficient (Wildman–Crippen LogP) is 1.01. The van der Waals surface area contributed by atoms with Gasteiger partial charge in [-0.1, -0.05) is 6.42 Å². The van der Waals surface area contributed by atoms with Crippen LogP contribution in [0.3, 0.4) is 0 Å². The van der Waals surface area contributed by atoms with Crippen molar-refractivity contribution in [2.24, 2.45) is 0 Å². The Kier molecular flexibility index (Phi) is 6.28. The van der Waals surface area contributed by atoms with Crippen molar-refractivity contribution in [1.82, 2.24) is 20.4 Å². The maximum Gasteiger partial charge on any atom is 0.314 e. The Hall–Kier alpha value is -0.850. The Morgan fingerprint density at radius 1 is 1.09 bits per heavy atom. The first kappa shape index (κ1) is 18.5. The molecule has 6 nitrogen and oxygen atoms in total. The number of carbonyl (C=O) groups is 1. The van der Waals surface area contributed by atoms with Gasteiger partial charge in [-0.15, -0.1) is 0 Å². The number of rotatable bonds is 5. The molecule has 3 N–H and O–H groups in total. The van der Waals surface area contributed by atoms with Crippen molar-refractivity contribution in [2.75, 3.05) is 46.3 Å². The fraction of sp³-hybridized carbons (Fsp3) is 0.941. The fourth-order valence-electron chi connectivity index (χ4n) is 3.61. The van der Waals surface area contributed by atoms with Gasteiger partial charge in [-0.2, -0.15) is 0 Å². The number of likely N-dealkylation sites (tertiary alicyclic amines) is 2. The van der Waals surface area contributed by atoms with Crippen molar-refractivity contribution in [3.8, 4) is 0 Å². The van der Waals surface area contributed by atoms with Crippen molar-refractivity contribution in [3.05, 3.63) is 0 Å². The third-order valence-electron chi connectivity index (χ3n) is 5.20. The van der Waals surface area contributed by atoms with Crippen LogP contribution in [0, 0.1) is 0 Å². The second-order valence-corrected chi connectivity index (χ2v) is 7.92. The highest BCUT2D eigenvalue weighted by molar-refractivity contribution is 5.74. The molecule has 6 heteroatoms. The largest absolute Gasteiger partial charge is 0.389 e. The molecule has 134 valence electrons.